The van der Waals surface area contributed by atoms with E-state index in [1.807, 2.05) is 25.1 Å². The highest BCUT2D eigenvalue weighted by molar-refractivity contribution is 5.32. The van der Waals surface area contributed by atoms with Gasteiger partial charge in [0.05, 0.1) is 13.2 Å². The third-order valence-electron chi connectivity index (χ3n) is 5.52. The summed E-state index contributed by atoms with van der Waals surface area (Å²) in [6.45, 7) is 6.91. The van der Waals surface area contributed by atoms with Crippen LogP contribution in [0.4, 0.5) is 0 Å². The average Bonchev–Trinajstić information content (AvgIpc) is 2.93. The third kappa shape index (κ3) is 3.33. The van der Waals surface area contributed by atoms with E-state index in [4.69, 9.17) is 4.74 Å². The highest BCUT2D eigenvalue weighted by Crippen LogP contribution is 2.45. The minimum absolute atomic E-state index is 0.149. The van der Waals surface area contributed by atoms with E-state index < -0.39 is 0 Å². The van der Waals surface area contributed by atoms with Gasteiger partial charge in [-0.3, -0.25) is 4.90 Å². The van der Waals surface area contributed by atoms with Gasteiger partial charge in [0.2, 0.25) is 0 Å². The van der Waals surface area contributed by atoms with Gasteiger partial charge in [0.15, 0.2) is 0 Å². The molecule has 1 saturated heterocycles. The van der Waals surface area contributed by atoms with E-state index in [1.165, 1.54) is 11.1 Å². The maximum Gasteiger partial charge on any atom is 0.118 e. The number of rotatable bonds is 5. The fraction of sp³-hybridized carbons (Fsp3) is 0.429. The molecule has 0 bridgehead atoms. The minimum atomic E-state index is -0.356. The first-order valence-corrected chi connectivity index (χ1v) is 8.61. The van der Waals surface area contributed by atoms with Gasteiger partial charge in [-0.05, 0) is 30.2 Å². The SMILES string of the molecule is COc1ccc(C2CN(Cc3ccccc3)C[C@]2(C)[C@H](C)O)cc1. The molecule has 3 nitrogen and oxygen atoms in total. The number of hydrogen-bond donors (Lipinski definition) is 1. The molecule has 2 aromatic rings. The Morgan fingerprint density at radius 2 is 1.83 bits per heavy atom. The molecule has 24 heavy (non-hydrogen) atoms. The second-order valence-corrected chi connectivity index (χ2v) is 7.16. The lowest BCUT2D eigenvalue weighted by Gasteiger charge is -2.34. The van der Waals surface area contributed by atoms with Crippen LogP contribution < -0.4 is 4.74 Å². The average molecular weight is 325 g/mol. The summed E-state index contributed by atoms with van der Waals surface area (Å²) in [5.41, 5.74) is 2.44. The Labute approximate surface area is 144 Å². The fourth-order valence-corrected chi connectivity index (χ4v) is 3.83. The Hall–Kier alpha value is -1.84. The molecule has 0 spiro atoms. The molecule has 1 unspecified atom stereocenters. The Bertz CT molecular complexity index is 653. The third-order valence-corrected chi connectivity index (χ3v) is 5.52. The van der Waals surface area contributed by atoms with Crippen LogP contribution in [0, 0.1) is 5.41 Å². The van der Waals surface area contributed by atoms with Crippen LogP contribution in [-0.2, 0) is 6.54 Å². The van der Waals surface area contributed by atoms with E-state index in [1.54, 1.807) is 7.11 Å². The van der Waals surface area contributed by atoms with Crippen LogP contribution in [-0.4, -0.2) is 36.3 Å². The molecular weight excluding hydrogens is 298 g/mol. The molecule has 0 aromatic heterocycles. The van der Waals surface area contributed by atoms with Crippen LogP contribution in [0.15, 0.2) is 54.6 Å². The fourth-order valence-electron chi connectivity index (χ4n) is 3.83. The Balaban J connectivity index is 1.83. The van der Waals surface area contributed by atoms with E-state index in [9.17, 15) is 5.11 Å². The highest BCUT2D eigenvalue weighted by Gasteiger charge is 2.46. The van der Waals surface area contributed by atoms with Crippen molar-refractivity contribution in [1.82, 2.24) is 4.90 Å². The standard InChI is InChI=1S/C21H27NO2/c1-16(23)21(2)15-22(13-17-7-5-4-6-8-17)14-20(21)18-9-11-19(24-3)12-10-18/h4-12,16,20,23H,13-15H2,1-3H3/t16-,20?,21+/m0/s1. The normalized spacial score (nSPS) is 25.6. The first-order chi connectivity index (χ1) is 11.5. The number of aliphatic hydroxyl groups excluding tert-OH is 1. The van der Waals surface area contributed by atoms with Crippen molar-refractivity contribution in [1.29, 1.82) is 0 Å². The van der Waals surface area contributed by atoms with Gasteiger partial charge in [0.1, 0.15) is 5.75 Å². The Morgan fingerprint density at radius 3 is 2.42 bits per heavy atom. The lowest BCUT2D eigenvalue weighted by molar-refractivity contribution is 0.0475. The molecule has 1 aliphatic heterocycles. The molecule has 0 amide bonds. The zero-order valence-electron chi connectivity index (χ0n) is 14.8. The smallest absolute Gasteiger partial charge is 0.118 e. The zero-order chi connectivity index (χ0) is 17.2. The van der Waals surface area contributed by atoms with Gasteiger partial charge >= 0.3 is 0 Å². The van der Waals surface area contributed by atoms with Crippen LogP contribution in [0.25, 0.3) is 0 Å². The molecule has 3 heteroatoms. The molecule has 0 radical (unpaired) electrons. The lowest BCUT2D eigenvalue weighted by Crippen LogP contribution is -2.36. The van der Waals surface area contributed by atoms with Gasteiger partial charge in [0, 0.05) is 31.0 Å². The van der Waals surface area contributed by atoms with Gasteiger partial charge in [-0.2, -0.15) is 0 Å². The van der Waals surface area contributed by atoms with Crippen molar-refractivity contribution in [3.8, 4) is 5.75 Å². The molecule has 1 N–H and O–H groups in total. The van der Waals surface area contributed by atoms with E-state index in [2.05, 4.69) is 48.2 Å². The van der Waals surface area contributed by atoms with Crippen molar-refractivity contribution >= 4 is 0 Å². The van der Waals surface area contributed by atoms with Gasteiger partial charge in [-0.1, -0.05) is 49.4 Å². The van der Waals surface area contributed by atoms with Crippen molar-refractivity contribution in [2.24, 2.45) is 5.41 Å². The summed E-state index contributed by atoms with van der Waals surface area (Å²) >= 11 is 0. The number of likely N-dealkylation sites (tertiary alicyclic amines) is 1. The van der Waals surface area contributed by atoms with Gasteiger partial charge in [0.25, 0.3) is 0 Å². The van der Waals surface area contributed by atoms with Crippen molar-refractivity contribution < 1.29 is 9.84 Å². The summed E-state index contributed by atoms with van der Waals surface area (Å²) < 4.78 is 5.27. The second kappa shape index (κ2) is 6.96. The summed E-state index contributed by atoms with van der Waals surface area (Å²) in [7, 11) is 1.69. The molecule has 3 rings (SSSR count). The van der Waals surface area contributed by atoms with Gasteiger partial charge < -0.3 is 9.84 Å². The number of hydrogen-bond acceptors (Lipinski definition) is 3. The number of methoxy groups -OCH3 is 1. The lowest BCUT2D eigenvalue weighted by atomic mass is 9.72. The summed E-state index contributed by atoms with van der Waals surface area (Å²) in [4.78, 5) is 2.46. The molecule has 1 heterocycles. The van der Waals surface area contributed by atoms with E-state index >= 15 is 0 Å². The maximum absolute atomic E-state index is 10.5. The molecule has 1 fully saturated rings. The van der Waals surface area contributed by atoms with E-state index in [-0.39, 0.29) is 11.5 Å². The van der Waals surface area contributed by atoms with Gasteiger partial charge in [-0.15, -0.1) is 0 Å². The minimum Gasteiger partial charge on any atom is -0.497 e. The topological polar surface area (TPSA) is 32.7 Å². The van der Waals surface area contributed by atoms with Crippen LogP contribution in [0.2, 0.25) is 0 Å². The number of benzene rings is 2. The van der Waals surface area contributed by atoms with Crippen molar-refractivity contribution in [2.75, 3.05) is 20.2 Å². The summed E-state index contributed by atoms with van der Waals surface area (Å²) in [6.07, 6.45) is -0.356. The van der Waals surface area contributed by atoms with E-state index in [0.717, 1.165) is 25.4 Å². The van der Waals surface area contributed by atoms with Crippen LogP contribution in [0.1, 0.15) is 30.9 Å². The first kappa shape index (κ1) is 17.0. The molecule has 128 valence electrons. The number of aliphatic hydroxyl groups is 1. The Morgan fingerprint density at radius 1 is 1.17 bits per heavy atom. The van der Waals surface area contributed by atoms with Crippen molar-refractivity contribution in [3.05, 3.63) is 65.7 Å². The predicted molar refractivity (Wildman–Crippen MR) is 97.2 cm³/mol. The van der Waals surface area contributed by atoms with Crippen LogP contribution in [0.3, 0.4) is 0 Å². The van der Waals surface area contributed by atoms with Gasteiger partial charge in [-0.25, -0.2) is 0 Å². The predicted octanol–water partition coefficient (Wildman–Crippen LogP) is 3.68. The molecular formula is C21H27NO2. The highest BCUT2D eigenvalue weighted by atomic mass is 16.5. The zero-order valence-corrected chi connectivity index (χ0v) is 14.8. The number of nitrogens with zero attached hydrogens (tertiary/aromatic N) is 1. The summed E-state index contributed by atoms with van der Waals surface area (Å²) in [6, 6.07) is 18.8. The molecule has 2 aromatic carbocycles. The summed E-state index contributed by atoms with van der Waals surface area (Å²) in [5.74, 6) is 1.18. The molecule has 0 aliphatic carbocycles. The first-order valence-electron chi connectivity index (χ1n) is 8.61. The van der Waals surface area contributed by atoms with Crippen LogP contribution in [0.5, 0.6) is 5.75 Å². The Kier molecular flexibility index (Phi) is 4.93. The second-order valence-electron chi connectivity index (χ2n) is 7.16. The van der Waals surface area contributed by atoms with E-state index in [0.29, 0.717) is 5.92 Å². The largest absolute Gasteiger partial charge is 0.497 e. The molecule has 1 aliphatic rings. The quantitative estimate of drug-likeness (QED) is 0.910. The monoisotopic (exact) mass is 325 g/mol. The van der Waals surface area contributed by atoms with Crippen LogP contribution >= 0.6 is 0 Å². The summed E-state index contributed by atoms with van der Waals surface area (Å²) in [5, 5.41) is 10.5. The number of ether oxygens (including phenoxy) is 1. The molecule has 3 atom stereocenters. The maximum atomic E-state index is 10.5. The van der Waals surface area contributed by atoms with Crippen molar-refractivity contribution in [3.63, 3.8) is 0 Å². The van der Waals surface area contributed by atoms with Crippen molar-refractivity contribution in [2.45, 2.75) is 32.4 Å². The molecule has 0 saturated carbocycles.